The summed E-state index contributed by atoms with van der Waals surface area (Å²) in [6.45, 7) is 0. The summed E-state index contributed by atoms with van der Waals surface area (Å²) in [5.41, 5.74) is 3.29. The zero-order valence-corrected chi connectivity index (χ0v) is 18.9. The van der Waals surface area contributed by atoms with Crippen molar-refractivity contribution in [3.63, 3.8) is 0 Å². The molecule has 1 unspecified atom stereocenters. The Labute approximate surface area is 202 Å². The normalized spacial score (nSPS) is 20.4. The summed E-state index contributed by atoms with van der Waals surface area (Å²) in [5, 5.41) is 0. The number of hydrogen-bond donors (Lipinski definition) is 0. The van der Waals surface area contributed by atoms with Crippen LogP contribution in [0.1, 0.15) is 28.6 Å². The van der Waals surface area contributed by atoms with E-state index >= 15 is 0 Å². The third-order valence-electron chi connectivity index (χ3n) is 5.71. The van der Waals surface area contributed by atoms with Gasteiger partial charge in [0.15, 0.2) is 0 Å². The second-order valence-electron chi connectivity index (χ2n) is 7.20. The molecule has 0 spiro atoms. The van der Waals surface area contributed by atoms with Crippen molar-refractivity contribution in [2.75, 3.05) is 4.43 Å². The Bertz CT molecular complexity index is 962. The Hall–Kier alpha value is -1.84. The first kappa shape index (κ1) is 21.4. The van der Waals surface area contributed by atoms with E-state index in [1.807, 2.05) is 0 Å². The van der Waals surface area contributed by atoms with E-state index in [0.717, 1.165) is 10.3 Å². The number of oxazole rings is 1. The predicted octanol–water partition coefficient (Wildman–Crippen LogP) is 2.63. The quantitative estimate of drug-likeness (QED) is 0.102. The van der Waals surface area contributed by atoms with E-state index in [4.69, 9.17) is 4.42 Å². The van der Waals surface area contributed by atoms with Crippen molar-refractivity contribution >= 4 is 22.6 Å². The summed E-state index contributed by atoms with van der Waals surface area (Å²) in [4.78, 5) is 6.99. The van der Waals surface area contributed by atoms with E-state index < -0.39 is 5.54 Å². The second kappa shape index (κ2) is 9.11. The molecule has 0 aliphatic carbocycles. The standard InChI is InChI=1S/C25H20IN2O.Li/c26-18-22-23(24-27-16-17-29-24)28(22)25(19-10-4-1-5-11-19,20-12-6-2-7-13-20)21-14-8-3-9-15-21;/h1-16,22-23H,18H2;/q-1;+1/t22-,23-,28?;/m0./s1. The Kier molecular flexibility index (Phi) is 6.50. The number of alkyl halides is 1. The van der Waals surface area contributed by atoms with Gasteiger partial charge in [0.2, 0.25) is 0 Å². The fraction of sp³-hybridized carbons (Fsp3) is 0.160. The molecule has 0 saturated carbocycles. The van der Waals surface area contributed by atoms with Crippen LogP contribution in [0, 0.1) is 6.26 Å². The molecule has 30 heavy (non-hydrogen) atoms. The van der Waals surface area contributed by atoms with Gasteiger partial charge in [0.25, 0.3) is 0 Å². The molecular formula is C25H20ILiN2O. The van der Waals surface area contributed by atoms with Crippen molar-refractivity contribution in [3.8, 4) is 0 Å². The molecule has 2 heterocycles. The molecule has 3 nitrogen and oxygen atoms in total. The van der Waals surface area contributed by atoms with Gasteiger partial charge in [0.1, 0.15) is 0 Å². The smallest absolute Gasteiger partial charge is 0.629 e. The van der Waals surface area contributed by atoms with E-state index in [2.05, 4.69) is 130 Å². The summed E-state index contributed by atoms with van der Waals surface area (Å²) < 4.78 is 6.63. The summed E-state index contributed by atoms with van der Waals surface area (Å²) >= 11 is 2.47. The molecular weight excluding hydrogens is 478 g/mol. The zero-order chi connectivity index (χ0) is 19.7. The fourth-order valence-corrected chi connectivity index (χ4v) is 5.41. The van der Waals surface area contributed by atoms with E-state index in [9.17, 15) is 0 Å². The number of rotatable bonds is 6. The molecule has 0 radical (unpaired) electrons. The topological polar surface area (TPSA) is 29.0 Å². The molecule has 0 bridgehead atoms. The molecule has 1 aliphatic rings. The van der Waals surface area contributed by atoms with Gasteiger partial charge in [-0.1, -0.05) is 120 Å². The van der Waals surface area contributed by atoms with Gasteiger partial charge < -0.3 is 9.40 Å². The van der Waals surface area contributed by atoms with Gasteiger partial charge in [0.05, 0.1) is 11.4 Å². The van der Waals surface area contributed by atoms with Crippen LogP contribution in [0.25, 0.3) is 0 Å². The van der Waals surface area contributed by atoms with E-state index in [1.54, 1.807) is 6.20 Å². The molecule has 4 aromatic rings. The van der Waals surface area contributed by atoms with Crippen LogP contribution in [-0.4, -0.2) is 20.4 Å². The monoisotopic (exact) mass is 498 g/mol. The van der Waals surface area contributed by atoms with Gasteiger partial charge in [-0.3, -0.25) is 4.90 Å². The van der Waals surface area contributed by atoms with Gasteiger partial charge in [-0.25, -0.2) is 0 Å². The summed E-state index contributed by atoms with van der Waals surface area (Å²) in [6.07, 6.45) is 4.39. The maximum atomic E-state index is 5.64. The molecule has 144 valence electrons. The fourth-order valence-electron chi connectivity index (χ4n) is 4.50. The zero-order valence-electron chi connectivity index (χ0n) is 16.8. The van der Waals surface area contributed by atoms with Gasteiger partial charge >= 0.3 is 18.9 Å². The first-order valence-electron chi connectivity index (χ1n) is 9.70. The largest absolute Gasteiger partial charge is 1.00 e. The summed E-state index contributed by atoms with van der Waals surface area (Å²) in [5.74, 6) is 0.735. The average Bonchev–Trinajstić information content (AvgIpc) is 3.26. The number of halogens is 1. The minimum atomic E-state index is -0.432. The molecule has 5 heteroatoms. The van der Waals surface area contributed by atoms with Gasteiger partial charge in [-0.05, 0) is 22.9 Å². The second-order valence-corrected chi connectivity index (χ2v) is 8.08. The van der Waals surface area contributed by atoms with Crippen molar-refractivity contribution in [2.45, 2.75) is 17.6 Å². The molecule has 0 amide bonds. The minimum Gasteiger partial charge on any atom is -0.629 e. The van der Waals surface area contributed by atoms with Crippen LogP contribution in [0.4, 0.5) is 0 Å². The number of aromatic nitrogens is 1. The maximum Gasteiger partial charge on any atom is 1.00 e. The Morgan fingerprint density at radius 2 is 1.30 bits per heavy atom. The van der Waals surface area contributed by atoms with Crippen LogP contribution in [0.2, 0.25) is 0 Å². The van der Waals surface area contributed by atoms with Crippen LogP contribution in [0.5, 0.6) is 0 Å². The minimum absolute atomic E-state index is 0. The molecule has 1 aliphatic heterocycles. The van der Waals surface area contributed by atoms with Gasteiger partial charge in [-0.2, -0.15) is 0 Å². The third kappa shape index (κ3) is 3.46. The predicted molar refractivity (Wildman–Crippen MR) is 122 cm³/mol. The third-order valence-corrected chi connectivity index (χ3v) is 6.62. The van der Waals surface area contributed by atoms with Crippen molar-refractivity contribution in [1.29, 1.82) is 0 Å². The molecule has 1 fully saturated rings. The molecule has 1 saturated heterocycles. The van der Waals surface area contributed by atoms with Crippen LogP contribution >= 0.6 is 22.6 Å². The van der Waals surface area contributed by atoms with Crippen molar-refractivity contribution in [3.05, 3.63) is 126 Å². The summed E-state index contributed by atoms with van der Waals surface area (Å²) in [7, 11) is 0. The van der Waals surface area contributed by atoms with Gasteiger partial charge in [0, 0.05) is 16.5 Å². The number of nitrogens with zero attached hydrogens (tertiary/aromatic N) is 2. The van der Waals surface area contributed by atoms with E-state index in [0.29, 0.717) is 6.04 Å². The molecule has 3 aromatic carbocycles. The molecule has 5 rings (SSSR count). The van der Waals surface area contributed by atoms with Crippen LogP contribution in [0.3, 0.4) is 0 Å². The SMILES string of the molecule is IC[C@H]1[C@@H](c2nc[c-]o2)N1C(c1ccccc1)(c1ccccc1)c1ccccc1.[Li+]. The molecule has 1 aromatic heterocycles. The average molecular weight is 498 g/mol. The van der Waals surface area contributed by atoms with Crippen LogP contribution in [-0.2, 0) is 5.54 Å². The Morgan fingerprint density at radius 1 is 0.833 bits per heavy atom. The van der Waals surface area contributed by atoms with Crippen molar-refractivity contribution < 1.29 is 23.3 Å². The van der Waals surface area contributed by atoms with Gasteiger partial charge in [-0.15, -0.1) is 0 Å². The van der Waals surface area contributed by atoms with Crippen molar-refractivity contribution in [1.82, 2.24) is 9.88 Å². The Morgan fingerprint density at radius 3 is 1.67 bits per heavy atom. The van der Waals surface area contributed by atoms with Crippen LogP contribution in [0.15, 0.2) is 102 Å². The first-order chi connectivity index (χ1) is 14.4. The van der Waals surface area contributed by atoms with E-state index in [1.165, 1.54) is 16.7 Å². The number of benzene rings is 3. The maximum absolute atomic E-state index is 5.64. The number of hydrogen-bond acceptors (Lipinski definition) is 3. The van der Waals surface area contributed by atoms with Crippen molar-refractivity contribution in [2.24, 2.45) is 0 Å². The summed E-state index contributed by atoms with van der Waals surface area (Å²) in [6, 6.07) is 32.7. The molecule has 3 atom stereocenters. The van der Waals surface area contributed by atoms with E-state index in [-0.39, 0.29) is 24.9 Å². The molecule has 0 N–H and O–H groups in total. The first-order valence-corrected chi connectivity index (χ1v) is 11.2. The Balaban J connectivity index is 0.00000218. The van der Waals surface area contributed by atoms with Crippen LogP contribution < -0.4 is 18.9 Å².